The van der Waals surface area contributed by atoms with Gasteiger partial charge in [-0.05, 0) is 23.6 Å². The quantitative estimate of drug-likeness (QED) is 0.105. The van der Waals surface area contributed by atoms with Crippen LogP contribution in [0.1, 0.15) is 64.5 Å². The fourth-order valence-corrected chi connectivity index (χ4v) is 13.8. The molecule has 52 heavy (non-hydrogen) atoms. The van der Waals surface area contributed by atoms with E-state index in [4.69, 9.17) is 0 Å². The average molecular weight is 860 g/mol. The van der Waals surface area contributed by atoms with Gasteiger partial charge in [0.2, 0.25) is 0 Å². The smallest absolute Gasteiger partial charge is 0.343 e. The van der Waals surface area contributed by atoms with E-state index in [2.05, 4.69) is 187 Å². The second kappa shape index (κ2) is 18.3. The van der Waals surface area contributed by atoms with E-state index in [0.29, 0.717) is 0 Å². The van der Waals surface area contributed by atoms with Crippen molar-refractivity contribution in [2.45, 2.75) is 66.2 Å². The first-order valence-electron chi connectivity index (χ1n) is 19.0. The number of aryl methyl sites for hydroxylation is 2. The summed E-state index contributed by atoms with van der Waals surface area (Å²) < 4.78 is 0. The Bertz CT molecular complexity index is 2150. The van der Waals surface area contributed by atoms with Crippen molar-refractivity contribution >= 4 is 71.9 Å². The van der Waals surface area contributed by atoms with E-state index < -0.39 is 8.07 Å². The molecule has 0 radical (unpaired) electrons. The van der Waals surface area contributed by atoms with Crippen molar-refractivity contribution < 1.29 is 25.8 Å². The Morgan fingerprint density at radius 2 is 0.808 bits per heavy atom. The zero-order chi connectivity index (χ0) is 35.8. The van der Waals surface area contributed by atoms with Crippen LogP contribution >= 0.6 is 0 Å². The first-order valence-corrected chi connectivity index (χ1v) is 21.0. The van der Waals surface area contributed by atoms with Gasteiger partial charge >= 0.3 is 25.8 Å². The molecule has 0 unspecified atom stereocenters. The molecule has 8 rings (SSSR count). The second-order valence-corrected chi connectivity index (χ2v) is 17.1. The summed E-state index contributed by atoms with van der Waals surface area (Å²) in [5.74, 6) is 0. The van der Waals surface area contributed by atoms with Crippen LogP contribution in [0.3, 0.4) is 0 Å². The molecule has 2 heteroatoms. The zero-order valence-corrected chi connectivity index (χ0v) is 36.1. The minimum atomic E-state index is -2.89. The van der Waals surface area contributed by atoms with Gasteiger partial charge in [0.25, 0.3) is 0 Å². The third-order valence-electron chi connectivity index (χ3n) is 10.4. The van der Waals surface area contributed by atoms with E-state index in [1.165, 1.54) is 77.4 Å². The number of benzene rings is 6. The normalized spacial score (nSPS) is 11.2. The van der Waals surface area contributed by atoms with E-state index in [0.717, 1.165) is 25.7 Å². The Hall–Kier alpha value is -3.85. The van der Waals surface area contributed by atoms with Crippen molar-refractivity contribution in [3.05, 3.63) is 171 Å². The Morgan fingerprint density at radius 3 is 1.15 bits per heavy atom. The molecule has 0 saturated carbocycles. The minimum absolute atomic E-state index is 0. The maximum absolute atomic E-state index is 3.60. The number of fused-ring (bicyclic) bond motifs is 6. The maximum Gasteiger partial charge on any atom is 4.00 e. The molecule has 0 aliphatic heterocycles. The fraction of sp³-hybridized carbons (Fsp3) is 0.200. The largest absolute Gasteiger partial charge is 4.00 e. The van der Waals surface area contributed by atoms with Gasteiger partial charge in [0, 0.05) is 0 Å². The topological polar surface area (TPSA) is 0 Å². The van der Waals surface area contributed by atoms with Gasteiger partial charge in [0.15, 0.2) is 0 Å². The number of unbranched alkanes of at least 4 members (excludes halogenated alkanes) is 2. The van der Waals surface area contributed by atoms with Crippen LogP contribution in [-0.2, 0) is 38.7 Å². The van der Waals surface area contributed by atoms with Gasteiger partial charge < -0.3 is 13.8 Å². The Labute approximate surface area is 332 Å². The van der Waals surface area contributed by atoms with Crippen molar-refractivity contribution in [3.8, 4) is 0 Å². The summed E-state index contributed by atoms with van der Waals surface area (Å²) in [7, 11) is -2.89. The van der Waals surface area contributed by atoms with Gasteiger partial charge in [-0.2, -0.15) is 12.8 Å². The second-order valence-electron chi connectivity index (χ2n) is 13.5. The number of rotatable bonds is 8. The summed E-state index contributed by atoms with van der Waals surface area (Å²) in [6.07, 6.45) is 6.54. The summed E-state index contributed by atoms with van der Waals surface area (Å²) in [6, 6.07) is 55.4. The van der Waals surface area contributed by atoms with Crippen LogP contribution in [-0.4, -0.2) is 8.07 Å². The molecule has 8 aromatic carbocycles. The van der Waals surface area contributed by atoms with Gasteiger partial charge in [-0.3, -0.25) is 0 Å². The van der Waals surface area contributed by atoms with Crippen molar-refractivity contribution in [1.82, 2.24) is 0 Å². The third kappa shape index (κ3) is 7.22. The van der Waals surface area contributed by atoms with Gasteiger partial charge in [0.05, 0.1) is 8.07 Å². The standard InChI is InChI=1S/C42H34Si.2C4H9.Hf/c1-3-29-27-33-25-23-31-15-11-13-21-37(31)39(33)41(29)43(35-17-7-5-8-18-35,36-19-9-6-10-20-36)42-30(4-2)28-34-26-24-32-16-12-14-22-38(32)40(34)42;2*1-3-4-2;/h5-28H,3-4H2,1-2H3;2*1,3-4H2,2H3;/q-2;2*-1;+4. The molecule has 0 atom stereocenters. The van der Waals surface area contributed by atoms with Crippen LogP contribution in [0.5, 0.6) is 0 Å². The van der Waals surface area contributed by atoms with Crippen LogP contribution in [0, 0.1) is 13.8 Å². The maximum atomic E-state index is 3.60. The average Bonchev–Trinajstić information content (AvgIpc) is 3.79. The third-order valence-corrected chi connectivity index (χ3v) is 15.4. The minimum Gasteiger partial charge on any atom is -0.343 e. The monoisotopic (exact) mass is 860 g/mol. The van der Waals surface area contributed by atoms with Crippen molar-refractivity contribution in [3.63, 3.8) is 0 Å². The fourth-order valence-electron chi connectivity index (χ4n) is 7.88. The first-order chi connectivity index (χ1) is 25.1. The van der Waals surface area contributed by atoms with Crippen LogP contribution in [0.2, 0.25) is 0 Å². The Kier molecular flexibility index (Phi) is 13.8. The summed E-state index contributed by atoms with van der Waals surface area (Å²) in [4.78, 5) is 0. The first kappa shape index (κ1) is 39.4. The SMILES string of the molecule is CCc1[cH-]c2ccc3ccccc3c2c1[Si](c1ccccc1)(c1ccccc1)c1c(CC)[cH-]c2ccc3ccccc3c12.[CH2-]CCC.[CH2-]CCC.[Hf+4]. The molecule has 8 aromatic rings. The Balaban J connectivity index is 0.000000530. The van der Waals surface area contributed by atoms with Gasteiger partial charge in [-0.25, -0.2) is 0 Å². The van der Waals surface area contributed by atoms with E-state index in [-0.39, 0.29) is 25.8 Å². The molecule has 0 bridgehead atoms. The predicted molar refractivity (Wildman–Crippen MR) is 231 cm³/mol. The molecule has 0 aliphatic rings. The van der Waals surface area contributed by atoms with Crippen LogP contribution in [0.15, 0.2) is 146 Å². The van der Waals surface area contributed by atoms with Crippen LogP contribution < -0.4 is 20.7 Å². The summed E-state index contributed by atoms with van der Waals surface area (Å²) in [6.45, 7) is 16.1. The molecule has 0 N–H and O–H groups in total. The van der Waals surface area contributed by atoms with Gasteiger partial charge in [-0.1, -0.05) is 183 Å². The zero-order valence-electron chi connectivity index (χ0n) is 31.5. The Morgan fingerprint density at radius 1 is 0.462 bits per heavy atom. The van der Waals surface area contributed by atoms with E-state index in [9.17, 15) is 0 Å². The molecule has 0 amide bonds. The molecule has 0 aliphatic carbocycles. The molecule has 0 nitrogen and oxygen atoms in total. The van der Waals surface area contributed by atoms with Gasteiger partial charge in [0.1, 0.15) is 0 Å². The van der Waals surface area contributed by atoms with Crippen LogP contribution in [0.4, 0.5) is 0 Å². The van der Waals surface area contributed by atoms with E-state index in [1.807, 2.05) is 0 Å². The summed E-state index contributed by atoms with van der Waals surface area (Å²) in [5, 5.41) is 16.9. The molecule has 0 heterocycles. The van der Waals surface area contributed by atoms with Crippen molar-refractivity contribution in [2.24, 2.45) is 0 Å². The summed E-state index contributed by atoms with van der Waals surface area (Å²) in [5.41, 5.74) is 2.95. The van der Waals surface area contributed by atoms with Crippen LogP contribution in [0.25, 0.3) is 43.1 Å². The molecule has 0 aromatic heterocycles. The van der Waals surface area contributed by atoms with Crippen molar-refractivity contribution in [2.75, 3.05) is 0 Å². The molecule has 0 saturated heterocycles. The molecular weight excluding hydrogens is 807 g/mol. The van der Waals surface area contributed by atoms with E-state index >= 15 is 0 Å². The van der Waals surface area contributed by atoms with Gasteiger partial charge in [-0.15, -0.1) is 67.3 Å². The molecule has 0 spiro atoms. The van der Waals surface area contributed by atoms with E-state index in [1.54, 1.807) is 10.4 Å². The molecule has 260 valence electrons. The van der Waals surface area contributed by atoms with Crippen molar-refractivity contribution in [1.29, 1.82) is 0 Å². The molecular formula is C50H52HfSi. The summed E-state index contributed by atoms with van der Waals surface area (Å²) >= 11 is 0. The number of hydrogen-bond acceptors (Lipinski definition) is 0. The number of hydrogen-bond donors (Lipinski definition) is 0. The molecule has 0 fully saturated rings. The predicted octanol–water partition coefficient (Wildman–Crippen LogP) is 11.5.